The first-order chi connectivity index (χ1) is 13.5. The molecule has 2 aromatic rings. The van der Waals surface area contributed by atoms with Crippen molar-refractivity contribution in [2.75, 3.05) is 26.1 Å². The molecule has 0 aromatic heterocycles. The van der Waals surface area contributed by atoms with Crippen LogP contribution >= 0.6 is 0 Å². The van der Waals surface area contributed by atoms with Crippen molar-refractivity contribution in [1.82, 2.24) is 0 Å². The topological polar surface area (TPSA) is 73.9 Å². The minimum atomic E-state index is -0.448. The van der Waals surface area contributed by atoms with E-state index >= 15 is 0 Å². The van der Waals surface area contributed by atoms with Gasteiger partial charge in [-0.2, -0.15) is 0 Å². The van der Waals surface area contributed by atoms with Gasteiger partial charge in [0.2, 0.25) is 0 Å². The third-order valence-electron chi connectivity index (χ3n) is 4.65. The Labute approximate surface area is 165 Å². The molecule has 0 aliphatic carbocycles. The Morgan fingerprint density at radius 2 is 1.75 bits per heavy atom. The molecule has 0 bridgehead atoms. The van der Waals surface area contributed by atoms with E-state index in [9.17, 15) is 9.59 Å². The molecule has 150 valence electrons. The van der Waals surface area contributed by atoms with Gasteiger partial charge >= 0.3 is 5.97 Å². The highest BCUT2D eigenvalue weighted by atomic mass is 16.5. The predicted molar refractivity (Wildman–Crippen MR) is 108 cm³/mol. The second-order valence-corrected chi connectivity index (χ2v) is 6.50. The van der Waals surface area contributed by atoms with E-state index in [-0.39, 0.29) is 12.5 Å². The first-order valence-corrected chi connectivity index (χ1v) is 9.23. The highest BCUT2D eigenvalue weighted by molar-refractivity contribution is 5.94. The molecule has 1 amide bonds. The van der Waals surface area contributed by atoms with E-state index in [0.29, 0.717) is 17.2 Å². The minimum absolute atomic E-state index is 0.0939. The van der Waals surface area contributed by atoms with Gasteiger partial charge in [0, 0.05) is 6.07 Å². The van der Waals surface area contributed by atoms with Crippen LogP contribution < -0.4 is 14.8 Å². The molecule has 0 spiro atoms. The summed E-state index contributed by atoms with van der Waals surface area (Å²) in [5.74, 6) is -0.109. The Morgan fingerprint density at radius 3 is 2.36 bits per heavy atom. The summed E-state index contributed by atoms with van der Waals surface area (Å²) in [7, 11) is 3.04. The third kappa shape index (κ3) is 5.49. The fourth-order valence-electron chi connectivity index (χ4n) is 2.92. The SMILES string of the molecule is CC[C@@H](C)[C@H](C(=O)OCC(=O)Nc1cc(OC)ccc1OC)c1ccccc1. The van der Waals surface area contributed by atoms with Gasteiger partial charge in [-0.1, -0.05) is 50.6 Å². The molecule has 6 heteroatoms. The Balaban J connectivity index is 2.04. The van der Waals surface area contributed by atoms with Crippen molar-refractivity contribution in [3.05, 3.63) is 54.1 Å². The van der Waals surface area contributed by atoms with Gasteiger partial charge in [-0.15, -0.1) is 0 Å². The zero-order valence-corrected chi connectivity index (χ0v) is 16.7. The quantitative estimate of drug-likeness (QED) is 0.660. The van der Waals surface area contributed by atoms with E-state index in [0.717, 1.165) is 12.0 Å². The number of benzene rings is 2. The van der Waals surface area contributed by atoms with Crippen LogP contribution in [0.3, 0.4) is 0 Å². The van der Waals surface area contributed by atoms with Gasteiger partial charge < -0.3 is 19.5 Å². The van der Waals surface area contributed by atoms with Crippen LogP contribution in [0.1, 0.15) is 31.7 Å². The Bertz CT molecular complexity index is 791. The molecule has 6 nitrogen and oxygen atoms in total. The van der Waals surface area contributed by atoms with Gasteiger partial charge in [0.1, 0.15) is 11.5 Å². The maximum atomic E-state index is 12.7. The number of ether oxygens (including phenoxy) is 3. The number of hydrogen-bond donors (Lipinski definition) is 1. The van der Waals surface area contributed by atoms with Gasteiger partial charge in [-0.25, -0.2) is 0 Å². The molecular formula is C22H27NO5. The third-order valence-corrected chi connectivity index (χ3v) is 4.65. The number of nitrogens with one attached hydrogen (secondary N) is 1. The van der Waals surface area contributed by atoms with E-state index in [1.807, 2.05) is 44.2 Å². The van der Waals surface area contributed by atoms with E-state index < -0.39 is 17.8 Å². The summed E-state index contributed by atoms with van der Waals surface area (Å²) in [6, 6.07) is 14.5. The van der Waals surface area contributed by atoms with Gasteiger partial charge in [0.05, 0.1) is 25.8 Å². The zero-order chi connectivity index (χ0) is 20.5. The van der Waals surface area contributed by atoms with Crippen LogP contribution in [-0.2, 0) is 14.3 Å². The number of carbonyl (C=O) groups excluding carboxylic acids is 2. The summed E-state index contributed by atoms with van der Waals surface area (Å²) < 4.78 is 15.7. The fraction of sp³-hybridized carbons (Fsp3) is 0.364. The average Bonchev–Trinajstić information content (AvgIpc) is 2.73. The lowest BCUT2D eigenvalue weighted by atomic mass is 9.86. The maximum absolute atomic E-state index is 12.7. The fourth-order valence-corrected chi connectivity index (χ4v) is 2.92. The Morgan fingerprint density at radius 1 is 1.04 bits per heavy atom. The smallest absolute Gasteiger partial charge is 0.314 e. The number of esters is 1. The maximum Gasteiger partial charge on any atom is 0.314 e. The van der Waals surface area contributed by atoms with E-state index in [4.69, 9.17) is 14.2 Å². The summed E-state index contributed by atoms with van der Waals surface area (Å²) in [4.78, 5) is 25.0. The van der Waals surface area contributed by atoms with Crippen molar-refractivity contribution in [3.8, 4) is 11.5 Å². The zero-order valence-electron chi connectivity index (χ0n) is 16.7. The highest BCUT2D eigenvalue weighted by Gasteiger charge is 2.27. The van der Waals surface area contributed by atoms with Crippen LogP contribution in [-0.4, -0.2) is 32.7 Å². The number of methoxy groups -OCH3 is 2. The van der Waals surface area contributed by atoms with Crippen LogP contribution in [0, 0.1) is 5.92 Å². The molecule has 2 atom stereocenters. The predicted octanol–water partition coefficient (Wildman–Crippen LogP) is 4.02. The molecule has 0 saturated carbocycles. The van der Waals surface area contributed by atoms with E-state index in [1.165, 1.54) is 14.2 Å². The van der Waals surface area contributed by atoms with Gasteiger partial charge in [0.25, 0.3) is 5.91 Å². The number of anilines is 1. The standard InChI is InChI=1S/C22H27NO5/c1-5-15(2)21(16-9-7-6-8-10-16)22(25)28-14-20(24)23-18-13-17(26-3)11-12-19(18)27-4/h6-13,15,21H,5,14H2,1-4H3,(H,23,24)/t15-,21+/m1/s1. The van der Waals surface area contributed by atoms with E-state index in [2.05, 4.69) is 5.32 Å². The Kier molecular flexibility index (Phi) is 7.87. The molecule has 0 heterocycles. The summed E-state index contributed by atoms with van der Waals surface area (Å²) >= 11 is 0. The van der Waals surface area contributed by atoms with Crippen molar-refractivity contribution in [2.45, 2.75) is 26.2 Å². The molecule has 28 heavy (non-hydrogen) atoms. The number of rotatable bonds is 9. The second kappa shape index (κ2) is 10.3. The van der Waals surface area contributed by atoms with Gasteiger partial charge in [0.15, 0.2) is 6.61 Å². The van der Waals surface area contributed by atoms with Crippen molar-refractivity contribution in [1.29, 1.82) is 0 Å². The largest absolute Gasteiger partial charge is 0.497 e. The lowest BCUT2D eigenvalue weighted by molar-refractivity contribution is -0.150. The normalized spacial score (nSPS) is 12.6. The first kappa shape index (κ1) is 21.3. The lowest BCUT2D eigenvalue weighted by Gasteiger charge is -2.21. The number of carbonyl (C=O) groups is 2. The van der Waals surface area contributed by atoms with Crippen LogP contribution in [0.15, 0.2) is 48.5 Å². The van der Waals surface area contributed by atoms with Crippen LogP contribution in [0.25, 0.3) is 0 Å². The summed E-state index contributed by atoms with van der Waals surface area (Å²) in [5, 5.41) is 2.69. The lowest BCUT2D eigenvalue weighted by Crippen LogP contribution is -2.27. The molecule has 2 aromatic carbocycles. The van der Waals surface area contributed by atoms with Crippen molar-refractivity contribution < 1.29 is 23.8 Å². The monoisotopic (exact) mass is 385 g/mol. The van der Waals surface area contributed by atoms with Crippen LogP contribution in [0.4, 0.5) is 5.69 Å². The molecule has 0 aliphatic rings. The average molecular weight is 385 g/mol. The van der Waals surface area contributed by atoms with E-state index in [1.54, 1.807) is 18.2 Å². The van der Waals surface area contributed by atoms with Gasteiger partial charge in [-0.3, -0.25) is 9.59 Å². The summed E-state index contributed by atoms with van der Waals surface area (Å²) in [6.07, 6.45) is 0.821. The Hall–Kier alpha value is -3.02. The molecule has 0 aliphatic heterocycles. The van der Waals surface area contributed by atoms with Crippen molar-refractivity contribution >= 4 is 17.6 Å². The van der Waals surface area contributed by atoms with Crippen molar-refractivity contribution in [2.24, 2.45) is 5.92 Å². The number of amides is 1. The molecule has 0 fully saturated rings. The second-order valence-electron chi connectivity index (χ2n) is 6.50. The van der Waals surface area contributed by atoms with Crippen LogP contribution in [0.2, 0.25) is 0 Å². The minimum Gasteiger partial charge on any atom is -0.497 e. The van der Waals surface area contributed by atoms with Crippen molar-refractivity contribution in [3.63, 3.8) is 0 Å². The molecular weight excluding hydrogens is 358 g/mol. The number of hydrogen-bond acceptors (Lipinski definition) is 5. The van der Waals surface area contributed by atoms with Crippen LogP contribution in [0.5, 0.6) is 11.5 Å². The molecule has 0 unspecified atom stereocenters. The molecule has 0 saturated heterocycles. The first-order valence-electron chi connectivity index (χ1n) is 9.23. The summed E-state index contributed by atoms with van der Waals surface area (Å²) in [6.45, 7) is 3.65. The molecule has 0 radical (unpaired) electrons. The highest BCUT2D eigenvalue weighted by Crippen LogP contribution is 2.30. The summed E-state index contributed by atoms with van der Waals surface area (Å²) in [5.41, 5.74) is 1.33. The molecule has 2 rings (SSSR count). The van der Waals surface area contributed by atoms with Gasteiger partial charge in [-0.05, 0) is 23.6 Å². The molecule has 1 N–H and O–H groups in total.